The van der Waals surface area contributed by atoms with Crippen LogP contribution in [0, 0.1) is 12.8 Å². The Morgan fingerprint density at radius 2 is 2.04 bits per heavy atom. The number of ether oxygens (including phenoxy) is 1. The molecule has 1 heterocycles. The fraction of sp³-hybridized carbons (Fsp3) is 0.667. The van der Waals surface area contributed by atoms with Crippen LogP contribution in [0.4, 0.5) is 4.79 Å². The molecule has 0 saturated carbocycles. The maximum absolute atomic E-state index is 12.3. The summed E-state index contributed by atoms with van der Waals surface area (Å²) in [6.07, 6.45) is -0.321. The third-order valence-electron chi connectivity index (χ3n) is 2.66. The van der Waals surface area contributed by atoms with Gasteiger partial charge in [-0.2, -0.15) is 4.36 Å². The molecule has 2 amide bonds. The van der Waals surface area contributed by atoms with Crippen LogP contribution in [0.1, 0.15) is 46.7 Å². The Hall–Kier alpha value is -1.48. The number of nitrogens with zero attached hydrogens (tertiary/aromatic N) is 2. The lowest BCUT2D eigenvalue weighted by molar-refractivity contribution is -0.120. The Morgan fingerprint density at radius 1 is 1.42 bits per heavy atom. The first-order valence-corrected chi connectivity index (χ1v) is 9.71. The number of rotatable bonds is 5. The smallest absolute Gasteiger partial charge is 0.408 e. The maximum Gasteiger partial charge on any atom is 0.408 e. The van der Waals surface area contributed by atoms with Crippen LogP contribution in [0.15, 0.2) is 14.1 Å². The van der Waals surface area contributed by atoms with Crippen LogP contribution in [0.5, 0.6) is 0 Å². The molecule has 1 aromatic heterocycles. The van der Waals surface area contributed by atoms with Crippen molar-refractivity contribution in [3.63, 3.8) is 0 Å². The van der Waals surface area contributed by atoms with Gasteiger partial charge in [-0.1, -0.05) is 13.8 Å². The van der Waals surface area contributed by atoms with Gasteiger partial charge in [0.2, 0.25) is 0 Å². The quantitative estimate of drug-likeness (QED) is 0.771. The van der Waals surface area contributed by atoms with E-state index in [1.54, 1.807) is 33.1 Å². The summed E-state index contributed by atoms with van der Waals surface area (Å²) in [7, 11) is -2.26. The van der Waals surface area contributed by atoms with Gasteiger partial charge in [0.05, 0.1) is 10.6 Å². The number of carbonyl (C=O) groups is 2. The summed E-state index contributed by atoms with van der Waals surface area (Å²) in [5.41, 5.74) is 0.0579. The van der Waals surface area contributed by atoms with Crippen molar-refractivity contribution in [2.24, 2.45) is 10.3 Å². The topological polar surface area (TPSA) is 97.7 Å². The minimum atomic E-state index is -2.26. The van der Waals surface area contributed by atoms with Gasteiger partial charge >= 0.3 is 6.09 Å². The zero-order valence-corrected chi connectivity index (χ0v) is 16.5. The maximum atomic E-state index is 12.3. The van der Waals surface area contributed by atoms with Gasteiger partial charge in [-0.3, -0.25) is 4.79 Å². The monoisotopic (exact) mass is 375 g/mol. The third kappa shape index (κ3) is 7.39. The summed E-state index contributed by atoms with van der Waals surface area (Å²) in [6.45, 7) is 10.8. The molecule has 0 aromatic carbocycles. The van der Waals surface area contributed by atoms with E-state index in [1.165, 1.54) is 11.3 Å². The Labute approximate surface area is 148 Å². The Bertz CT molecular complexity index is 671. The number of thiol groups is 1. The SMILES string of the molecule is Cc1csc(/[SH](=O)=N/C(=O)[C@H](CC(C)C)NC(=O)OC(C)(C)C)n1. The van der Waals surface area contributed by atoms with Crippen molar-refractivity contribution >= 4 is 33.9 Å². The first-order chi connectivity index (χ1) is 11.0. The fourth-order valence-corrected chi connectivity index (χ4v) is 3.59. The van der Waals surface area contributed by atoms with Gasteiger partial charge in [0.15, 0.2) is 4.34 Å². The highest BCUT2D eigenvalue weighted by atomic mass is 32.2. The minimum Gasteiger partial charge on any atom is -0.444 e. The zero-order chi connectivity index (χ0) is 18.5. The molecule has 136 valence electrons. The summed E-state index contributed by atoms with van der Waals surface area (Å²) in [5.74, 6) is -0.493. The number of thiazole rings is 1. The molecule has 0 bridgehead atoms. The highest BCUT2D eigenvalue weighted by Gasteiger charge is 2.25. The van der Waals surface area contributed by atoms with E-state index in [4.69, 9.17) is 4.74 Å². The molecule has 2 atom stereocenters. The lowest BCUT2D eigenvalue weighted by atomic mass is 10.0. The molecule has 0 aliphatic rings. The highest BCUT2D eigenvalue weighted by molar-refractivity contribution is 7.77. The predicted octanol–water partition coefficient (Wildman–Crippen LogP) is 2.94. The predicted molar refractivity (Wildman–Crippen MR) is 94.7 cm³/mol. The normalized spacial score (nSPS) is 14.5. The summed E-state index contributed by atoms with van der Waals surface area (Å²) in [6, 6.07) is -0.875. The van der Waals surface area contributed by atoms with E-state index in [9.17, 15) is 13.8 Å². The van der Waals surface area contributed by atoms with Crippen molar-refractivity contribution in [3.8, 4) is 0 Å². The Morgan fingerprint density at radius 3 is 2.50 bits per heavy atom. The molecule has 0 radical (unpaired) electrons. The van der Waals surface area contributed by atoms with Gasteiger partial charge in [-0.25, -0.2) is 14.0 Å². The van der Waals surface area contributed by atoms with Crippen molar-refractivity contribution < 1.29 is 18.5 Å². The average Bonchev–Trinajstić information content (AvgIpc) is 2.81. The van der Waals surface area contributed by atoms with Gasteiger partial charge in [0.1, 0.15) is 11.6 Å². The summed E-state index contributed by atoms with van der Waals surface area (Å²) in [4.78, 5) is 28.3. The molecular weight excluding hydrogens is 350 g/mol. The summed E-state index contributed by atoms with van der Waals surface area (Å²) in [5, 5.41) is 4.26. The van der Waals surface area contributed by atoms with Gasteiger partial charge in [-0.05, 0) is 40.0 Å². The number of hydrogen-bond donors (Lipinski definition) is 2. The molecule has 9 heteroatoms. The van der Waals surface area contributed by atoms with Gasteiger partial charge in [0.25, 0.3) is 5.91 Å². The van der Waals surface area contributed by atoms with Gasteiger partial charge < -0.3 is 10.1 Å². The summed E-state index contributed by atoms with van der Waals surface area (Å²) >= 11 is 1.19. The van der Waals surface area contributed by atoms with Crippen LogP contribution in [-0.2, 0) is 20.1 Å². The Balaban J connectivity index is 2.89. The molecule has 0 spiro atoms. The van der Waals surface area contributed by atoms with Crippen LogP contribution < -0.4 is 5.32 Å². The number of amides is 2. The number of aromatic nitrogens is 1. The summed E-state index contributed by atoms with van der Waals surface area (Å²) < 4.78 is 21.3. The molecule has 24 heavy (non-hydrogen) atoms. The zero-order valence-electron chi connectivity index (χ0n) is 14.8. The van der Waals surface area contributed by atoms with Crippen molar-refractivity contribution in [1.82, 2.24) is 10.3 Å². The second kappa shape index (κ2) is 8.57. The molecule has 0 aliphatic carbocycles. The molecule has 0 saturated heterocycles. The number of aryl methyl sites for hydroxylation is 1. The van der Waals surface area contributed by atoms with E-state index in [0.717, 1.165) is 5.69 Å². The van der Waals surface area contributed by atoms with Crippen LogP contribution in [0.3, 0.4) is 0 Å². The van der Waals surface area contributed by atoms with Crippen molar-refractivity contribution in [2.45, 2.75) is 63.9 Å². The largest absolute Gasteiger partial charge is 0.444 e. The van der Waals surface area contributed by atoms with Crippen molar-refractivity contribution in [3.05, 3.63) is 11.1 Å². The minimum absolute atomic E-state index is 0.143. The van der Waals surface area contributed by atoms with Crippen LogP contribution in [-0.4, -0.2) is 32.8 Å². The second-order valence-electron chi connectivity index (χ2n) is 6.81. The standard InChI is InChI=1S/C15H25N3O4S2/c1-9(2)7-11(17-13(20)22-15(4,5)6)12(19)18-24(21)14-16-10(3)8-23-14/h8-9,11,24H,7H2,1-6H3,(H,17,20)/t11-/m0/s1. The first kappa shape index (κ1) is 20.6. The second-order valence-corrected chi connectivity index (χ2v) is 9.14. The Kier molecular flexibility index (Phi) is 7.34. The molecular formula is C15H25N3O4S2. The van der Waals surface area contributed by atoms with Crippen LogP contribution in [0.25, 0.3) is 0 Å². The van der Waals surface area contributed by atoms with Crippen molar-refractivity contribution in [2.75, 3.05) is 0 Å². The molecule has 7 nitrogen and oxygen atoms in total. The molecule has 0 fully saturated rings. The van der Waals surface area contributed by atoms with E-state index in [2.05, 4.69) is 14.7 Å². The molecule has 1 aromatic rings. The van der Waals surface area contributed by atoms with E-state index >= 15 is 0 Å². The van der Waals surface area contributed by atoms with E-state index in [1.807, 2.05) is 13.8 Å². The molecule has 1 rings (SSSR count). The van der Waals surface area contributed by atoms with Crippen LogP contribution in [0.2, 0.25) is 0 Å². The van der Waals surface area contributed by atoms with E-state index in [-0.39, 0.29) is 5.92 Å². The lowest BCUT2D eigenvalue weighted by Gasteiger charge is -2.22. The fourth-order valence-electron chi connectivity index (χ4n) is 1.77. The van der Waals surface area contributed by atoms with E-state index < -0.39 is 34.2 Å². The average molecular weight is 376 g/mol. The van der Waals surface area contributed by atoms with Crippen LogP contribution >= 0.6 is 11.3 Å². The molecule has 0 aliphatic heterocycles. The van der Waals surface area contributed by atoms with Crippen molar-refractivity contribution in [1.29, 1.82) is 0 Å². The lowest BCUT2D eigenvalue weighted by Crippen LogP contribution is -2.43. The third-order valence-corrected chi connectivity index (χ3v) is 5.01. The number of nitrogens with one attached hydrogen (secondary N) is 1. The molecule has 1 unspecified atom stereocenters. The van der Waals surface area contributed by atoms with Gasteiger partial charge in [-0.15, -0.1) is 11.3 Å². The number of alkyl carbamates (subject to hydrolysis) is 1. The number of carbonyl (C=O) groups excluding carboxylic acids is 2. The highest BCUT2D eigenvalue weighted by Crippen LogP contribution is 2.13. The first-order valence-electron chi connectivity index (χ1n) is 7.62. The molecule has 1 N–H and O–H groups in total. The number of hydrogen-bond acceptors (Lipinski definition) is 6. The van der Waals surface area contributed by atoms with Gasteiger partial charge in [0, 0.05) is 11.1 Å². The van der Waals surface area contributed by atoms with E-state index in [0.29, 0.717) is 10.8 Å².